The number of nitrogens with zero attached hydrogens (tertiary/aromatic N) is 2. The van der Waals surface area contributed by atoms with E-state index in [2.05, 4.69) is 31.2 Å². The normalized spacial score (nSPS) is 23.1. The third kappa shape index (κ3) is 3.68. The first-order valence-corrected chi connectivity index (χ1v) is 6.82. The molecule has 1 N–H and O–H groups in total. The molecule has 1 aliphatic rings. The third-order valence-corrected chi connectivity index (χ3v) is 3.57. The maximum Gasteiger partial charge on any atom is 0.248 e. The molecule has 1 fully saturated rings. The molecule has 2 rings (SSSR count). The van der Waals surface area contributed by atoms with E-state index in [1.807, 2.05) is 0 Å². The van der Waals surface area contributed by atoms with Crippen LogP contribution in [0.2, 0.25) is 0 Å². The Hall–Kier alpha value is -1.11. The second-order valence-electron chi connectivity index (χ2n) is 4.79. The predicted octanol–water partition coefficient (Wildman–Crippen LogP) is 2.85. The summed E-state index contributed by atoms with van der Waals surface area (Å²) in [7, 11) is 0. The monoisotopic (exact) mass is 333 g/mol. The minimum absolute atomic E-state index is 0.214. The minimum atomic E-state index is -2.71. The summed E-state index contributed by atoms with van der Waals surface area (Å²) in [6.07, 6.45) is 2.80. The summed E-state index contributed by atoms with van der Waals surface area (Å²) < 4.78 is 26.8. The van der Waals surface area contributed by atoms with E-state index >= 15 is 0 Å². The topological polar surface area (TPSA) is 54.9 Å². The molecule has 4 nitrogen and oxygen atoms in total. The van der Waals surface area contributed by atoms with Crippen molar-refractivity contribution in [2.45, 2.75) is 38.2 Å². The summed E-state index contributed by atoms with van der Waals surface area (Å²) >= 11 is 3.22. The average Bonchev–Trinajstić information content (AvgIpc) is 2.70. The van der Waals surface area contributed by atoms with Crippen molar-refractivity contribution in [1.82, 2.24) is 15.3 Å². The fourth-order valence-electron chi connectivity index (χ4n) is 2.12. The van der Waals surface area contributed by atoms with E-state index in [4.69, 9.17) is 0 Å². The largest absolute Gasteiger partial charge is 0.346 e. The zero-order valence-corrected chi connectivity index (χ0v) is 12.0. The number of rotatable bonds is 3. The molecule has 2 unspecified atom stereocenters. The van der Waals surface area contributed by atoms with Crippen molar-refractivity contribution >= 4 is 21.8 Å². The van der Waals surface area contributed by atoms with Crippen LogP contribution in [0, 0.1) is 5.92 Å². The molecule has 0 radical (unpaired) electrons. The Kier molecular flexibility index (Phi) is 4.13. The van der Waals surface area contributed by atoms with Gasteiger partial charge in [-0.05, 0) is 29.3 Å². The molecular formula is C12H14BrF2N3O. The van der Waals surface area contributed by atoms with Crippen molar-refractivity contribution in [2.24, 2.45) is 5.92 Å². The molecule has 1 aromatic rings. The molecule has 104 valence electrons. The SMILES string of the molecule is CC(NC(=O)C1CCC(F)(F)C1)c1ncc(Br)cn1. The maximum atomic E-state index is 13.0. The van der Waals surface area contributed by atoms with E-state index in [9.17, 15) is 13.6 Å². The van der Waals surface area contributed by atoms with Crippen LogP contribution in [-0.2, 0) is 4.79 Å². The summed E-state index contributed by atoms with van der Waals surface area (Å²) in [6, 6.07) is -0.394. The van der Waals surface area contributed by atoms with Gasteiger partial charge in [0.25, 0.3) is 0 Å². The molecule has 7 heteroatoms. The van der Waals surface area contributed by atoms with Crippen molar-refractivity contribution in [3.8, 4) is 0 Å². The van der Waals surface area contributed by atoms with Crippen LogP contribution < -0.4 is 5.32 Å². The number of alkyl halides is 2. The summed E-state index contributed by atoms with van der Waals surface area (Å²) in [6.45, 7) is 1.73. The number of hydrogen-bond donors (Lipinski definition) is 1. The molecule has 1 aliphatic carbocycles. The molecule has 0 aliphatic heterocycles. The van der Waals surface area contributed by atoms with Gasteiger partial charge in [-0.25, -0.2) is 18.7 Å². The zero-order valence-electron chi connectivity index (χ0n) is 10.4. The number of aromatic nitrogens is 2. The average molecular weight is 334 g/mol. The Labute approximate surface area is 118 Å². The molecule has 1 aromatic heterocycles. The first-order chi connectivity index (χ1) is 8.87. The molecular weight excluding hydrogens is 320 g/mol. The second kappa shape index (κ2) is 5.48. The lowest BCUT2D eigenvalue weighted by Gasteiger charge is -2.16. The molecule has 1 amide bonds. The highest BCUT2D eigenvalue weighted by Crippen LogP contribution is 2.39. The van der Waals surface area contributed by atoms with Gasteiger partial charge in [0.05, 0.1) is 10.5 Å². The van der Waals surface area contributed by atoms with E-state index in [0.29, 0.717) is 5.82 Å². The molecule has 0 spiro atoms. The summed E-state index contributed by atoms with van der Waals surface area (Å²) in [5, 5.41) is 2.68. The number of halogens is 3. The zero-order chi connectivity index (χ0) is 14.0. The van der Waals surface area contributed by atoms with Gasteiger partial charge in [-0.15, -0.1) is 0 Å². The van der Waals surface area contributed by atoms with Crippen LogP contribution >= 0.6 is 15.9 Å². The van der Waals surface area contributed by atoms with Crippen LogP contribution in [0.1, 0.15) is 38.1 Å². The number of hydrogen-bond acceptors (Lipinski definition) is 3. The third-order valence-electron chi connectivity index (χ3n) is 3.16. The number of amides is 1. The lowest BCUT2D eigenvalue weighted by molar-refractivity contribution is -0.126. The number of nitrogens with one attached hydrogen (secondary N) is 1. The van der Waals surface area contributed by atoms with Crippen LogP contribution in [0.15, 0.2) is 16.9 Å². The molecule has 2 atom stereocenters. The lowest BCUT2D eigenvalue weighted by atomic mass is 10.1. The smallest absolute Gasteiger partial charge is 0.248 e. The van der Waals surface area contributed by atoms with E-state index in [1.165, 1.54) is 0 Å². The van der Waals surface area contributed by atoms with E-state index in [-0.39, 0.29) is 25.2 Å². The van der Waals surface area contributed by atoms with Gasteiger partial charge in [-0.1, -0.05) is 0 Å². The van der Waals surface area contributed by atoms with Crippen LogP contribution in [-0.4, -0.2) is 21.8 Å². The van der Waals surface area contributed by atoms with Gasteiger partial charge in [-0.2, -0.15) is 0 Å². The Balaban J connectivity index is 1.94. The summed E-state index contributed by atoms with van der Waals surface area (Å²) in [5.41, 5.74) is 0. The highest BCUT2D eigenvalue weighted by molar-refractivity contribution is 9.10. The molecule has 19 heavy (non-hydrogen) atoms. The van der Waals surface area contributed by atoms with Crippen LogP contribution in [0.25, 0.3) is 0 Å². The Morgan fingerprint density at radius 1 is 1.53 bits per heavy atom. The lowest BCUT2D eigenvalue weighted by Crippen LogP contribution is -2.33. The van der Waals surface area contributed by atoms with Crippen molar-refractivity contribution in [3.05, 3.63) is 22.7 Å². The highest BCUT2D eigenvalue weighted by Gasteiger charge is 2.42. The van der Waals surface area contributed by atoms with Gasteiger partial charge < -0.3 is 5.32 Å². The highest BCUT2D eigenvalue weighted by atomic mass is 79.9. The summed E-state index contributed by atoms with van der Waals surface area (Å²) in [4.78, 5) is 20.0. The van der Waals surface area contributed by atoms with Gasteiger partial charge in [0.15, 0.2) is 0 Å². The number of carbonyl (C=O) groups is 1. The van der Waals surface area contributed by atoms with Crippen molar-refractivity contribution in [3.63, 3.8) is 0 Å². The first-order valence-electron chi connectivity index (χ1n) is 6.03. The predicted molar refractivity (Wildman–Crippen MR) is 68.6 cm³/mol. The molecule has 0 saturated heterocycles. The maximum absolute atomic E-state index is 13.0. The Bertz CT molecular complexity index is 467. The fourth-order valence-corrected chi connectivity index (χ4v) is 2.32. The fraction of sp³-hybridized carbons (Fsp3) is 0.583. The van der Waals surface area contributed by atoms with Gasteiger partial charge in [0, 0.05) is 31.2 Å². The molecule has 0 bridgehead atoms. The van der Waals surface area contributed by atoms with E-state index in [0.717, 1.165) is 4.47 Å². The molecule has 0 aromatic carbocycles. The van der Waals surface area contributed by atoms with Gasteiger partial charge in [0.1, 0.15) is 5.82 Å². The van der Waals surface area contributed by atoms with E-state index < -0.39 is 17.9 Å². The quantitative estimate of drug-likeness (QED) is 0.925. The van der Waals surface area contributed by atoms with Gasteiger partial charge >= 0.3 is 0 Å². The standard InChI is InChI=1S/C12H14BrF2N3O/c1-7(10-16-5-9(13)6-17-10)18-11(19)8-2-3-12(14,15)4-8/h5-8H,2-4H2,1H3,(H,18,19). The van der Waals surface area contributed by atoms with Crippen LogP contribution in [0.3, 0.4) is 0 Å². The van der Waals surface area contributed by atoms with Crippen molar-refractivity contribution in [2.75, 3.05) is 0 Å². The van der Waals surface area contributed by atoms with Crippen molar-refractivity contribution in [1.29, 1.82) is 0 Å². The van der Waals surface area contributed by atoms with Crippen LogP contribution in [0.5, 0.6) is 0 Å². The summed E-state index contributed by atoms with van der Waals surface area (Å²) in [5.74, 6) is -3.22. The number of carbonyl (C=O) groups excluding carboxylic acids is 1. The van der Waals surface area contributed by atoms with E-state index in [1.54, 1.807) is 19.3 Å². The van der Waals surface area contributed by atoms with Gasteiger partial charge in [-0.3, -0.25) is 4.79 Å². The minimum Gasteiger partial charge on any atom is -0.346 e. The first kappa shape index (κ1) is 14.3. The second-order valence-corrected chi connectivity index (χ2v) is 5.70. The van der Waals surface area contributed by atoms with Gasteiger partial charge in [0.2, 0.25) is 11.8 Å². The van der Waals surface area contributed by atoms with Crippen LogP contribution in [0.4, 0.5) is 8.78 Å². The van der Waals surface area contributed by atoms with Crippen molar-refractivity contribution < 1.29 is 13.6 Å². The Morgan fingerprint density at radius 3 is 2.68 bits per heavy atom. The molecule has 1 heterocycles. The molecule has 1 saturated carbocycles. The Morgan fingerprint density at radius 2 is 2.16 bits per heavy atom.